The first-order valence-electron chi connectivity index (χ1n) is 4.87. The molecule has 1 aromatic carbocycles. The van der Waals surface area contributed by atoms with Gasteiger partial charge in [-0.2, -0.15) is 0 Å². The van der Waals surface area contributed by atoms with Crippen LogP contribution in [0.1, 0.15) is 17.3 Å². The summed E-state index contributed by atoms with van der Waals surface area (Å²) >= 11 is 0. The number of anilines is 1. The summed E-state index contributed by atoms with van der Waals surface area (Å²) in [4.78, 5) is 11.5. The van der Waals surface area contributed by atoms with Crippen molar-refractivity contribution in [2.75, 3.05) is 18.9 Å². The quantitative estimate of drug-likeness (QED) is 0.598. The molecule has 4 nitrogen and oxygen atoms in total. The molecule has 3 N–H and O–H groups in total. The molecule has 1 aromatic rings. The van der Waals surface area contributed by atoms with Gasteiger partial charge in [0.2, 0.25) is 0 Å². The molecule has 0 aromatic heterocycles. The van der Waals surface area contributed by atoms with Crippen molar-refractivity contribution >= 4 is 11.7 Å². The first-order valence-corrected chi connectivity index (χ1v) is 4.87. The van der Waals surface area contributed by atoms with Crippen LogP contribution in [0.5, 0.6) is 0 Å². The number of aliphatic hydroxyl groups is 1. The molecular formula is C11H14FNO3. The average Bonchev–Trinajstić information content (AvgIpc) is 2.25. The second kappa shape index (κ2) is 5.46. The largest absolute Gasteiger partial charge is 0.462 e. The van der Waals surface area contributed by atoms with Crippen LogP contribution in [0.4, 0.5) is 10.1 Å². The van der Waals surface area contributed by atoms with E-state index in [4.69, 9.17) is 15.6 Å². The average molecular weight is 227 g/mol. The monoisotopic (exact) mass is 227 g/mol. The summed E-state index contributed by atoms with van der Waals surface area (Å²) in [6.45, 7) is 1.78. The number of hydrogen-bond acceptors (Lipinski definition) is 4. The first kappa shape index (κ1) is 12.4. The second-order valence-electron chi connectivity index (χ2n) is 3.62. The van der Waals surface area contributed by atoms with E-state index in [9.17, 15) is 9.18 Å². The summed E-state index contributed by atoms with van der Waals surface area (Å²) in [7, 11) is 0. The van der Waals surface area contributed by atoms with E-state index in [0.29, 0.717) is 0 Å². The Kier molecular flexibility index (Phi) is 4.25. The van der Waals surface area contributed by atoms with Crippen molar-refractivity contribution in [1.29, 1.82) is 0 Å². The Morgan fingerprint density at radius 2 is 2.31 bits per heavy atom. The number of nitrogens with two attached hydrogens (primary N) is 1. The number of esters is 1. The van der Waals surface area contributed by atoms with Gasteiger partial charge in [0.15, 0.2) is 0 Å². The van der Waals surface area contributed by atoms with Crippen LogP contribution in [0.2, 0.25) is 0 Å². The van der Waals surface area contributed by atoms with E-state index in [1.54, 1.807) is 6.92 Å². The molecule has 0 aliphatic rings. The fraction of sp³-hybridized carbons (Fsp3) is 0.364. The maximum Gasteiger partial charge on any atom is 0.340 e. The topological polar surface area (TPSA) is 72.5 Å². The van der Waals surface area contributed by atoms with Crippen LogP contribution in [0.3, 0.4) is 0 Å². The number of ether oxygens (including phenoxy) is 1. The summed E-state index contributed by atoms with van der Waals surface area (Å²) < 4.78 is 17.6. The second-order valence-corrected chi connectivity index (χ2v) is 3.62. The lowest BCUT2D eigenvalue weighted by atomic mass is 10.2. The van der Waals surface area contributed by atoms with Gasteiger partial charge in [0, 0.05) is 18.2 Å². The number of halogens is 1. The molecule has 0 fully saturated rings. The lowest BCUT2D eigenvalue weighted by Gasteiger charge is -2.10. The molecule has 0 amide bonds. The molecule has 0 saturated carbocycles. The van der Waals surface area contributed by atoms with Gasteiger partial charge in [-0.3, -0.25) is 0 Å². The van der Waals surface area contributed by atoms with Gasteiger partial charge < -0.3 is 15.6 Å². The van der Waals surface area contributed by atoms with Gasteiger partial charge >= 0.3 is 5.97 Å². The number of nitrogen functional groups attached to an aromatic ring is 1. The fourth-order valence-corrected chi connectivity index (χ4v) is 1.07. The van der Waals surface area contributed by atoms with Crippen LogP contribution in [0.15, 0.2) is 18.2 Å². The Balaban J connectivity index is 2.66. The van der Waals surface area contributed by atoms with Gasteiger partial charge in [-0.15, -0.1) is 0 Å². The third-order valence-electron chi connectivity index (χ3n) is 2.04. The van der Waals surface area contributed by atoms with Crippen LogP contribution < -0.4 is 5.73 Å². The molecule has 0 radical (unpaired) electrons. The molecule has 1 unspecified atom stereocenters. The molecule has 0 aliphatic carbocycles. The zero-order valence-corrected chi connectivity index (χ0v) is 8.94. The van der Waals surface area contributed by atoms with Crippen molar-refractivity contribution in [3.63, 3.8) is 0 Å². The minimum absolute atomic E-state index is 0.0432. The predicted octanol–water partition coefficient (Wildman–Crippen LogP) is 1.19. The lowest BCUT2D eigenvalue weighted by molar-refractivity contribution is 0.0406. The molecule has 0 saturated heterocycles. The zero-order valence-electron chi connectivity index (χ0n) is 8.94. The maximum absolute atomic E-state index is 12.7. The van der Waals surface area contributed by atoms with Crippen LogP contribution >= 0.6 is 0 Å². The molecule has 0 spiro atoms. The van der Waals surface area contributed by atoms with Gasteiger partial charge in [-0.1, -0.05) is 6.92 Å². The van der Waals surface area contributed by atoms with E-state index in [-0.39, 0.29) is 30.4 Å². The Hall–Kier alpha value is -1.62. The smallest absolute Gasteiger partial charge is 0.340 e. The molecule has 0 bridgehead atoms. The first-order chi connectivity index (χ1) is 7.54. The van der Waals surface area contributed by atoms with Crippen LogP contribution in [0, 0.1) is 11.7 Å². The van der Waals surface area contributed by atoms with Gasteiger partial charge in [-0.25, -0.2) is 9.18 Å². The number of rotatable bonds is 4. The normalized spacial score (nSPS) is 12.2. The van der Waals surface area contributed by atoms with Gasteiger partial charge in [0.05, 0.1) is 12.2 Å². The van der Waals surface area contributed by atoms with Gasteiger partial charge in [0.1, 0.15) is 5.82 Å². The minimum atomic E-state index is -0.613. The van der Waals surface area contributed by atoms with E-state index in [0.717, 1.165) is 12.1 Å². The Labute approximate surface area is 92.8 Å². The SMILES string of the molecule is CC(CO)COC(=O)c1ccc(F)cc1N. The number of carbonyl (C=O) groups is 1. The Morgan fingerprint density at radius 1 is 1.62 bits per heavy atom. The molecular weight excluding hydrogens is 213 g/mol. The van der Waals surface area contributed by atoms with Crippen LogP contribution in [0.25, 0.3) is 0 Å². The fourth-order valence-electron chi connectivity index (χ4n) is 1.07. The number of hydrogen-bond donors (Lipinski definition) is 2. The van der Waals surface area contributed by atoms with Crippen molar-refractivity contribution in [2.45, 2.75) is 6.92 Å². The predicted molar refractivity (Wildman–Crippen MR) is 57.3 cm³/mol. The summed E-state index contributed by atoms with van der Waals surface area (Å²) in [5.74, 6) is -1.25. The van der Waals surface area contributed by atoms with Gasteiger partial charge in [-0.05, 0) is 18.2 Å². The van der Waals surface area contributed by atoms with Crippen molar-refractivity contribution in [2.24, 2.45) is 5.92 Å². The van der Waals surface area contributed by atoms with Crippen molar-refractivity contribution in [3.05, 3.63) is 29.6 Å². The van der Waals surface area contributed by atoms with E-state index < -0.39 is 11.8 Å². The third kappa shape index (κ3) is 3.20. The van der Waals surface area contributed by atoms with Gasteiger partial charge in [0.25, 0.3) is 0 Å². The van der Waals surface area contributed by atoms with Crippen molar-refractivity contribution in [1.82, 2.24) is 0 Å². The van der Waals surface area contributed by atoms with E-state index in [1.807, 2.05) is 0 Å². The van der Waals surface area contributed by atoms with Crippen LogP contribution in [-0.2, 0) is 4.74 Å². The molecule has 0 aliphatic heterocycles. The summed E-state index contributed by atoms with van der Waals surface area (Å²) in [5, 5.41) is 8.74. The van der Waals surface area contributed by atoms with E-state index in [1.165, 1.54) is 6.07 Å². The van der Waals surface area contributed by atoms with Crippen molar-refractivity contribution in [3.8, 4) is 0 Å². The summed E-state index contributed by atoms with van der Waals surface area (Å²) in [6, 6.07) is 3.48. The summed E-state index contributed by atoms with van der Waals surface area (Å²) in [5.41, 5.74) is 5.65. The number of benzene rings is 1. The number of aliphatic hydroxyl groups excluding tert-OH is 1. The molecule has 16 heavy (non-hydrogen) atoms. The molecule has 0 heterocycles. The molecule has 88 valence electrons. The van der Waals surface area contributed by atoms with Crippen LogP contribution in [-0.4, -0.2) is 24.3 Å². The molecule has 5 heteroatoms. The van der Waals surface area contributed by atoms with E-state index >= 15 is 0 Å². The minimum Gasteiger partial charge on any atom is -0.462 e. The Bertz CT molecular complexity index is 381. The summed E-state index contributed by atoms with van der Waals surface area (Å²) in [6.07, 6.45) is 0. The highest BCUT2D eigenvalue weighted by molar-refractivity contribution is 5.94. The zero-order chi connectivity index (χ0) is 12.1. The standard InChI is InChI=1S/C11H14FNO3/c1-7(5-14)6-16-11(15)9-3-2-8(12)4-10(9)13/h2-4,7,14H,5-6,13H2,1H3. The Morgan fingerprint density at radius 3 is 2.88 bits per heavy atom. The molecule has 1 rings (SSSR count). The van der Waals surface area contributed by atoms with Crippen molar-refractivity contribution < 1.29 is 19.0 Å². The maximum atomic E-state index is 12.7. The highest BCUT2D eigenvalue weighted by atomic mass is 19.1. The highest BCUT2D eigenvalue weighted by Gasteiger charge is 2.13. The van der Waals surface area contributed by atoms with E-state index in [2.05, 4.69) is 0 Å². The third-order valence-corrected chi connectivity index (χ3v) is 2.04. The lowest BCUT2D eigenvalue weighted by Crippen LogP contribution is -2.15. The highest BCUT2D eigenvalue weighted by Crippen LogP contribution is 2.14. The molecule has 1 atom stereocenters. The number of carbonyl (C=O) groups excluding carboxylic acids is 1.